The van der Waals surface area contributed by atoms with E-state index in [4.69, 9.17) is 9.47 Å². The molecule has 4 aromatic rings. The highest BCUT2D eigenvalue weighted by molar-refractivity contribution is 7.91. The van der Waals surface area contributed by atoms with Gasteiger partial charge in [-0.05, 0) is 48.4 Å². The van der Waals surface area contributed by atoms with Gasteiger partial charge in [0.1, 0.15) is 23.0 Å². The van der Waals surface area contributed by atoms with Gasteiger partial charge in [0.25, 0.3) is 5.56 Å². The minimum Gasteiger partial charge on any atom is -0.494 e. The Kier molecular flexibility index (Phi) is 7.77. The Labute approximate surface area is 219 Å². The summed E-state index contributed by atoms with van der Waals surface area (Å²) in [6.45, 7) is 1.95. The third-order valence-corrected chi connectivity index (χ3v) is 7.75. The van der Waals surface area contributed by atoms with Gasteiger partial charge in [-0.2, -0.15) is 9.37 Å². The second-order valence-corrected chi connectivity index (χ2v) is 10.2. The molecular weight excluding hydrogens is 513 g/mol. The summed E-state index contributed by atoms with van der Waals surface area (Å²) in [7, 11) is -1.69. The number of aryl methyl sites for hydroxylation is 1. The Morgan fingerprint density at radius 1 is 0.974 bits per heavy atom. The maximum absolute atomic E-state index is 13.9. The summed E-state index contributed by atoms with van der Waals surface area (Å²) in [6, 6.07) is 13.2. The summed E-state index contributed by atoms with van der Waals surface area (Å²) in [5.74, 6) is -0.843. The molecule has 0 bridgehead atoms. The summed E-state index contributed by atoms with van der Waals surface area (Å²) < 4.78 is 52.5. The zero-order valence-electron chi connectivity index (χ0n) is 21.0. The fraction of sp³-hybridized carbons (Fsp3) is 0.222. The number of ether oxygens (including phenoxy) is 2. The zero-order chi connectivity index (χ0) is 27.4. The van der Waals surface area contributed by atoms with Gasteiger partial charge in [0.05, 0.1) is 19.1 Å². The molecule has 0 radical (unpaired) electrons. The van der Waals surface area contributed by atoms with Gasteiger partial charge in [0.15, 0.2) is 4.90 Å². The van der Waals surface area contributed by atoms with Crippen molar-refractivity contribution < 1.29 is 27.4 Å². The smallest absolute Gasteiger partial charge is 0.281 e. The van der Waals surface area contributed by atoms with E-state index in [1.54, 1.807) is 18.2 Å². The molecule has 0 aliphatic heterocycles. The number of pyridine rings is 1. The average Bonchev–Trinajstić information content (AvgIpc) is 2.91. The molecular formula is C27H26FN3O6S. The Hall–Kier alpha value is -4.25. The maximum Gasteiger partial charge on any atom is 0.281 e. The van der Waals surface area contributed by atoms with Crippen molar-refractivity contribution in [2.75, 3.05) is 14.2 Å². The second kappa shape index (κ2) is 11.0. The molecule has 0 unspecified atom stereocenters. The molecule has 38 heavy (non-hydrogen) atoms. The van der Waals surface area contributed by atoms with E-state index < -0.39 is 32.1 Å². The van der Waals surface area contributed by atoms with E-state index in [9.17, 15) is 22.7 Å². The molecule has 11 heteroatoms. The molecule has 0 aliphatic rings. The van der Waals surface area contributed by atoms with Gasteiger partial charge in [-0.15, -0.1) is 0 Å². The quantitative estimate of drug-likeness (QED) is 0.312. The van der Waals surface area contributed by atoms with Crippen LogP contribution in [0.3, 0.4) is 0 Å². The van der Waals surface area contributed by atoms with E-state index in [2.05, 4.69) is 9.97 Å². The van der Waals surface area contributed by atoms with Crippen molar-refractivity contribution in [2.45, 2.75) is 36.0 Å². The number of hydrogen-bond acceptors (Lipinski definition) is 8. The van der Waals surface area contributed by atoms with Crippen molar-refractivity contribution >= 4 is 9.84 Å². The number of hydrogen-bond donors (Lipinski definition) is 1. The van der Waals surface area contributed by atoms with Crippen LogP contribution in [0.25, 0.3) is 16.8 Å². The molecule has 1 N–H and O–H groups in total. The molecule has 4 rings (SSSR count). The normalized spacial score (nSPS) is 11.4. The number of benzene rings is 2. The van der Waals surface area contributed by atoms with Crippen molar-refractivity contribution in [3.8, 4) is 34.2 Å². The minimum atomic E-state index is -4.52. The van der Waals surface area contributed by atoms with Crippen LogP contribution >= 0.6 is 0 Å². The standard InChI is InChI=1S/C27H26FN3O6S/c1-4-5-9-23-30-26(32)25(27(33)31(23)24-20(36-2)7-6-8-21(24)37-3)38(34,35)19-13-10-17(11-14-19)18-12-15-22(28)29-16-18/h6-8,10-16,32H,4-5,9H2,1-3H3. The van der Waals surface area contributed by atoms with E-state index in [0.29, 0.717) is 24.0 Å². The number of aromatic hydroxyl groups is 1. The van der Waals surface area contributed by atoms with E-state index in [1.807, 2.05) is 6.92 Å². The summed E-state index contributed by atoms with van der Waals surface area (Å²) >= 11 is 0. The number of halogens is 1. The number of nitrogens with zero attached hydrogens (tertiary/aromatic N) is 3. The third kappa shape index (κ3) is 4.97. The van der Waals surface area contributed by atoms with Crippen LogP contribution in [0.1, 0.15) is 25.6 Å². The van der Waals surface area contributed by atoms with Gasteiger partial charge in [0, 0.05) is 18.2 Å². The maximum atomic E-state index is 13.9. The fourth-order valence-electron chi connectivity index (χ4n) is 4.05. The molecule has 0 spiro atoms. The molecule has 0 saturated heterocycles. The average molecular weight is 540 g/mol. The lowest BCUT2D eigenvalue weighted by Crippen LogP contribution is -2.29. The Morgan fingerprint density at radius 3 is 2.16 bits per heavy atom. The highest BCUT2D eigenvalue weighted by Gasteiger charge is 2.31. The van der Waals surface area contributed by atoms with Crippen LogP contribution < -0.4 is 15.0 Å². The number of para-hydroxylation sites is 1. The number of aromatic nitrogens is 3. The molecule has 0 aliphatic carbocycles. The summed E-state index contributed by atoms with van der Waals surface area (Å²) in [6.07, 6.45) is 3.02. The summed E-state index contributed by atoms with van der Waals surface area (Å²) in [4.78, 5) is 20.5. The van der Waals surface area contributed by atoms with Crippen LogP contribution in [0.5, 0.6) is 17.4 Å². The van der Waals surface area contributed by atoms with Crippen LogP contribution in [0.2, 0.25) is 0 Å². The predicted octanol–water partition coefficient (Wildman–Crippen LogP) is 4.33. The predicted molar refractivity (Wildman–Crippen MR) is 138 cm³/mol. The first kappa shape index (κ1) is 26.8. The molecule has 2 aromatic heterocycles. The molecule has 0 amide bonds. The Morgan fingerprint density at radius 2 is 1.61 bits per heavy atom. The molecule has 2 heterocycles. The van der Waals surface area contributed by atoms with Gasteiger partial charge in [-0.25, -0.2) is 13.4 Å². The number of unbranched alkanes of at least 4 members (excludes halogenated alkanes) is 1. The Balaban J connectivity index is 1.92. The Bertz CT molecular complexity index is 1600. The van der Waals surface area contributed by atoms with Crippen LogP contribution in [0.4, 0.5) is 4.39 Å². The first-order valence-electron chi connectivity index (χ1n) is 11.8. The van der Waals surface area contributed by atoms with Gasteiger partial charge < -0.3 is 14.6 Å². The van der Waals surface area contributed by atoms with Crippen molar-refractivity contribution in [1.29, 1.82) is 0 Å². The van der Waals surface area contributed by atoms with Crippen LogP contribution in [0, 0.1) is 5.95 Å². The fourth-order valence-corrected chi connectivity index (χ4v) is 5.39. The van der Waals surface area contributed by atoms with Crippen molar-refractivity contribution in [1.82, 2.24) is 14.5 Å². The first-order valence-corrected chi connectivity index (χ1v) is 13.2. The van der Waals surface area contributed by atoms with E-state index >= 15 is 0 Å². The lowest BCUT2D eigenvalue weighted by molar-refractivity contribution is 0.386. The molecule has 2 aromatic carbocycles. The highest BCUT2D eigenvalue weighted by atomic mass is 32.2. The zero-order valence-corrected chi connectivity index (χ0v) is 21.8. The number of rotatable bonds is 9. The van der Waals surface area contributed by atoms with Crippen LogP contribution in [-0.4, -0.2) is 42.3 Å². The van der Waals surface area contributed by atoms with E-state index in [-0.39, 0.29) is 27.9 Å². The van der Waals surface area contributed by atoms with Crippen LogP contribution in [-0.2, 0) is 16.3 Å². The largest absolute Gasteiger partial charge is 0.494 e. The van der Waals surface area contributed by atoms with Gasteiger partial charge in [0.2, 0.25) is 21.7 Å². The molecule has 9 nitrogen and oxygen atoms in total. The van der Waals surface area contributed by atoms with Gasteiger partial charge in [-0.3, -0.25) is 9.36 Å². The minimum absolute atomic E-state index is 0.162. The molecule has 198 valence electrons. The third-order valence-electron chi connectivity index (χ3n) is 5.97. The van der Waals surface area contributed by atoms with Crippen LogP contribution in [0.15, 0.2) is 75.4 Å². The molecule has 0 atom stereocenters. The van der Waals surface area contributed by atoms with Gasteiger partial charge in [-0.1, -0.05) is 31.5 Å². The lowest BCUT2D eigenvalue weighted by atomic mass is 10.1. The second-order valence-electron chi connectivity index (χ2n) is 8.33. The van der Waals surface area contributed by atoms with E-state index in [1.165, 1.54) is 56.8 Å². The number of methoxy groups -OCH3 is 2. The topological polar surface area (TPSA) is 121 Å². The van der Waals surface area contributed by atoms with Crippen molar-refractivity contribution in [3.05, 3.63) is 82.9 Å². The van der Waals surface area contributed by atoms with E-state index in [0.717, 1.165) is 11.0 Å². The monoisotopic (exact) mass is 539 g/mol. The molecule has 0 fully saturated rings. The first-order chi connectivity index (χ1) is 18.2. The van der Waals surface area contributed by atoms with Crippen molar-refractivity contribution in [2.24, 2.45) is 0 Å². The van der Waals surface area contributed by atoms with Gasteiger partial charge >= 0.3 is 0 Å². The summed E-state index contributed by atoms with van der Waals surface area (Å²) in [5.41, 5.74) is 0.352. The summed E-state index contributed by atoms with van der Waals surface area (Å²) in [5, 5.41) is 10.7. The SMILES string of the molecule is CCCCc1nc(O)c(S(=O)(=O)c2ccc(-c3ccc(F)nc3)cc2)c(=O)n1-c1c(OC)cccc1OC. The highest BCUT2D eigenvalue weighted by Crippen LogP contribution is 2.34. The number of sulfone groups is 1. The van der Waals surface area contributed by atoms with Crippen molar-refractivity contribution in [3.63, 3.8) is 0 Å². The molecule has 0 saturated carbocycles. The lowest BCUT2D eigenvalue weighted by Gasteiger charge is -2.19.